The van der Waals surface area contributed by atoms with Crippen molar-refractivity contribution in [1.82, 2.24) is 10.2 Å². The molecule has 1 fully saturated rings. The van der Waals surface area contributed by atoms with E-state index in [1.807, 2.05) is 17.8 Å². The number of rotatable bonds is 3. The molecule has 2 aliphatic heterocycles. The molecule has 11 nitrogen and oxygen atoms in total. The second kappa shape index (κ2) is 14.6. The van der Waals surface area contributed by atoms with E-state index in [-0.39, 0.29) is 5.48 Å². The zero-order valence-corrected chi connectivity index (χ0v) is 23.2. The number of hydrogen-bond acceptors (Lipinski definition) is 9. The molecule has 15 heteroatoms. The summed E-state index contributed by atoms with van der Waals surface area (Å²) < 4.78 is 59.4. The predicted octanol–water partition coefficient (Wildman–Crippen LogP) is 2.35. The van der Waals surface area contributed by atoms with Crippen LogP contribution in [0.4, 0.5) is 0 Å². The van der Waals surface area contributed by atoms with Crippen LogP contribution in [0, 0.1) is 6.92 Å². The standard InChI is InChI=1S/C19H21ClN2S.2CH4O4S.H2O/c1-13-3-2-4-16-17(22-9-7-21-8-10-22)12-14-11-15(20)5-6-18(14)23-19(13)16;2*1-5-6(2,3)4;/h2-6,11,17,21H,7-10,12H2,1H3;2*1H3,(H,2,3,4);1H2. The monoisotopic (exact) mass is 586 g/mol. The molecule has 2 heterocycles. The fraction of sp³-hybridized carbons (Fsp3) is 0.429. The molecule has 0 aliphatic carbocycles. The zero-order chi connectivity index (χ0) is 26.2. The first-order chi connectivity index (χ1) is 16.3. The van der Waals surface area contributed by atoms with Crippen LogP contribution in [0.15, 0.2) is 46.2 Å². The highest BCUT2D eigenvalue weighted by Crippen LogP contribution is 2.44. The molecular weight excluding hydrogens is 556 g/mol. The molecule has 1 atom stereocenters. The molecule has 2 aromatic rings. The van der Waals surface area contributed by atoms with Crippen molar-refractivity contribution in [3.8, 4) is 0 Å². The SMILES string of the molecule is COS(=O)(=O)O.COS(=O)(=O)O.Cc1cccc2c1Sc1ccc(Cl)cc1CC2N1CCNCC1.O. The van der Waals surface area contributed by atoms with Crippen LogP contribution in [0.1, 0.15) is 22.7 Å². The van der Waals surface area contributed by atoms with Gasteiger partial charge in [-0.15, -0.1) is 0 Å². The number of halogens is 1. The van der Waals surface area contributed by atoms with E-state index in [0.717, 1.165) is 51.8 Å². The Labute approximate surface area is 221 Å². The van der Waals surface area contributed by atoms with Crippen molar-refractivity contribution < 1.29 is 39.8 Å². The first-order valence-electron chi connectivity index (χ1n) is 10.4. The average molecular weight is 587 g/mol. The highest BCUT2D eigenvalue weighted by atomic mass is 35.5. The molecular formula is C21H31ClN2O9S3. The van der Waals surface area contributed by atoms with Gasteiger partial charge in [-0.3, -0.25) is 22.4 Å². The van der Waals surface area contributed by atoms with E-state index in [4.69, 9.17) is 20.7 Å². The molecule has 4 rings (SSSR count). The summed E-state index contributed by atoms with van der Waals surface area (Å²) in [7, 11) is -6.58. The van der Waals surface area contributed by atoms with Crippen LogP contribution in [0.5, 0.6) is 0 Å². The normalized spacial score (nSPS) is 17.6. The molecule has 0 amide bonds. The van der Waals surface area contributed by atoms with Gasteiger partial charge in [0.15, 0.2) is 0 Å². The number of piperazine rings is 1. The molecule has 36 heavy (non-hydrogen) atoms. The molecule has 2 aliphatic rings. The van der Waals surface area contributed by atoms with E-state index in [0.29, 0.717) is 6.04 Å². The van der Waals surface area contributed by atoms with Crippen LogP contribution in [0.25, 0.3) is 0 Å². The second-order valence-electron chi connectivity index (χ2n) is 7.54. The fourth-order valence-corrected chi connectivity index (χ4v) is 5.01. The summed E-state index contributed by atoms with van der Waals surface area (Å²) in [5.74, 6) is 0. The van der Waals surface area contributed by atoms with Gasteiger partial charge in [0.05, 0.1) is 14.2 Å². The van der Waals surface area contributed by atoms with Gasteiger partial charge < -0.3 is 10.8 Å². The highest BCUT2D eigenvalue weighted by Gasteiger charge is 2.29. The minimum Gasteiger partial charge on any atom is -0.412 e. The van der Waals surface area contributed by atoms with Crippen molar-refractivity contribution in [2.24, 2.45) is 0 Å². The lowest BCUT2D eigenvalue weighted by Gasteiger charge is -2.35. The Morgan fingerprint density at radius 1 is 1.03 bits per heavy atom. The summed E-state index contributed by atoms with van der Waals surface area (Å²) in [5.41, 5.74) is 4.22. The third-order valence-electron chi connectivity index (χ3n) is 5.26. The van der Waals surface area contributed by atoms with Gasteiger partial charge in [0.1, 0.15) is 0 Å². The maximum absolute atomic E-state index is 9.33. The number of fused-ring (bicyclic) bond motifs is 2. The molecule has 1 saturated heterocycles. The first kappa shape index (κ1) is 32.7. The van der Waals surface area contributed by atoms with Gasteiger partial charge in [-0.25, -0.2) is 0 Å². The smallest absolute Gasteiger partial charge is 0.397 e. The molecule has 1 unspecified atom stereocenters. The molecule has 0 bridgehead atoms. The van der Waals surface area contributed by atoms with Crippen molar-refractivity contribution in [3.05, 3.63) is 58.1 Å². The third-order valence-corrected chi connectivity index (χ3v) is 7.72. The highest BCUT2D eigenvalue weighted by molar-refractivity contribution is 7.99. The van der Waals surface area contributed by atoms with Crippen LogP contribution < -0.4 is 5.32 Å². The Bertz CT molecular complexity index is 1170. The van der Waals surface area contributed by atoms with Crippen molar-refractivity contribution in [2.45, 2.75) is 29.2 Å². The molecule has 0 saturated carbocycles. The van der Waals surface area contributed by atoms with Crippen LogP contribution in [-0.2, 0) is 35.6 Å². The summed E-state index contributed by atoms with van der Waals surface area (Å²) in [5, 5.41) is 4.30. The summed E-state index contributed by atoms with van der Waals surface area (Å²) in [6.07, 6.45) is 1.04. The topological polar surface area (TPSA) is 174 Å². The van der Waals surface area contributed by atoms with Gasteiger partial charge in [0.2, 0.25) is 0 Å². The van der Waals surface area contributed by atoms with E-state index in [1.54, 1.807) is 0 Å². The van der Waals surface area contributed by atoms with Crippen molar-refractivity contribution in [1.29, 1.82) is 0 Å². The summed E-state index contributed by atoms with van der Waals surface area (Å²) in [4.78, 5) is 5.41. The number of benzene rings is 2. The number of nitrogens with one attached hydrogen (secondary N) is 1. The van der Waals surface area contributed by atoms with E-state index in [1.165, 1.54) is 26.5 Å². The maximum Gasteiger partial charge on any atom is 0.397 e. The number of hydrogen-bond donors (Lipinski definition) is 3. The van der Waals surface area contributed by atoms with E-state index >= 15 is 0 Å². The van der Waals surface area contributed by atoms with E-state index in [9.17, 15) is 16.8 Å². The van der Waals surface area contributed by atoms with Crippen molar-refractivity contribution in [2.75, 3.05) is 40.4 Å². The largest absolute Gasteiger partial charge is 0.412 e. The lowest BCUT2D eigenvalue weighted by atomic mass is 9.95. The molecule has 2 aromatic carbocycles. The Balaban J connectivity index is 0.000000420. The summed E-state index contributed by atoms with van der Waals surface area (Å²) in [6.45, 7) is 6.60. The fourth-order valence-electron chi connectivity index (χ4n) is 3.63. The van der Waals surface area contributed by atoms with Gasteiger partial charge >= 0.3 is 20.8 Å². The van der Waals surface area contributed by atoms with Gasteiger partial charge in [0, 0.05) is 47.0 Å². The first-order valence-corrected chi connectivity index (χ1v) is 14.3. The summed E-state index contributed by atoms with van der Waals surface area (Å²) in [6, 6.07) is 13.5. The Morgan fingerprint density at radius 2 is 1.58 bits per heavy atom. The van der Waals surface area contributed by atoms with Crippen LogP contribution in [0.3, 0.4) is 0 Å². The van der Waals surface area contributed by atoms with Crippen molar-refractivity contribution >= 4 is 44.2 Å². The van der Waals surface area contributed by atoms with E-state index < -0.39 is 20.8 Å². The molecule has 5 N–H and O–H groups in total. The Hall–Kier alpha value is -1.30. The summed E-state index contributed by atoms with van der Waals surface area (Å²) >= 11 is 8.18. The average Bonchev–Trinajstić information content (AvgIpc) is 2.97. The quantitative estimate of drug-likeness (QED) is 0.450. The lowest BCUT2D eigenvalue weighted by molar-refractivity contribution is 0.170. The van der Waals surface area contributed by atoms with Crippen LogP contribution in [0.2, 0.25) is 5.02 Å². The van der Waals surface area contributed by atoms with E-state index in [2.05, 4.69) is 55.8 Å². The Kier molecular flexibility index (Phi) is 13.3. The van der Waals surface area contributed by atoms with Gasteiger partial charge in [-0.2, -0.15) is 16.8 Å². The van der Waals surface area contributed by atoms with Crippen molar-refractivity contribution in [3.63, 3.8) is 0 Å². The molecule has 0 spiro atoms. The minimum absolute atomic E-state index is 0. The van der Waals surface area contributed by atoms with Gasteiger partial charge in [0.25, 0.3) is 0 Å². The number of nitrogens with zero attached hydrogens (tertiary/aromatic N) is 1. The molecule has 0 radical (unpaired) electrons. The Morgan fingerprint density at radius 3 is 2.11 bits per heavy atom. The zero-order valence-electron chi connectivity index (χ0n) is 20.0. The minimum atomic E-state index is -4.16. The molecule has 0 aromatic heterocycles. The second-order valence-corrected chi connectivity index (χ2v) is 11.4. The van der Waals surface area contributed by atoms with Gasteiger partial charge in [-0.1, -0.05) is 41.6 Å². The van der Waals surface area contributed by atoms with Gasteiger partial charge in [-0.05, 0) is 48.2 Å². The maximum atomic E-state index is 9.33. The molecule has 204 valence electrons. The lowest BCUT2D eigenvalue weighted by Crippen LogP contribution is -2.45. The predicted molar refractivity (Wildman–Crippen MR) is 138 cm³/mol. The van der Waals surface area contributed by atoms with Crippen LogP contribution >= 0.6 is 23.4 Å². The van der Waals surface area contributed by atoms with Crippen LogP contribution in [-0.4, -0.2) is 76.7 Å². The number of aryl methyl sites for hydroxylation is 1. The third kappa shape index (κ3) is 10.6.